The van der Waals surface area contributed by atoms with E-state index >= 15 is 0 Å². The Kier molecular flexibility index (Phi) is 4.64. The number of nitrogens with zero attached hydrogens (tertiary/aromatic N) is 1. The third-order valence-electron chi connectivity index (χ3n) is 4.66. The van der Waals surface area contributed by atoms with E-state index in [4.69, 9.17) is 9.15 Å². The molecule has 4 rings (SSSR count). The molecule has 1 unspecified atom stereocenters. The second-order valence-electron chi connectivity index (χ2n) is 6.50. The summed E-state index contributed by atoms with van der Waals surface area (Å²) in [6, 6.07) is 8.13. The van der Waals surface area contributed by atoms with Crippen LogP contribution in [0.1, 0.15) is 29.0 Å². The van der Waals surface area contributed by atoms with E-state index in [9.17, 15) is 14.4 Å². The Hall–Kier alpha value is -3.13. The molecule has 2 N–H and O–H groups in total. The topological polar surface area (TPSA) is 106 Å². The maximum absolute atomic E-state index is 12.7. The van der Waals surface area contributed by atoms with E-state index in [2.05, 4.69) is 10.3 Å². The number of amides is 1. The number of nitrogens with one attached hydrogen (secondary N) is 2. The monoisotopic (exact) mass is 369 g/mol. The number of hydrogen-bond acceptors (Lipinski definition) is 5. The fourth-order valence-corrected chi connectivity index (χ4v) is 3.24. The van der Waals surface area contributed by atoms with Gasteiger partial charge in [0.05, 0.1) is 36.4 Å². The molecule has 1 saturated heterocycles. The predicted octanol–water partition coefficient (Wildman–Crippen LogP) is 1.39. The molecule has 0 bridgehead atoms. The van der Waals surface area contributed by atoms with Crippen molar-refractivity contribution >= 4 is 16.8 Å². The number of rotatable bonds is 5. The van der Waals surface area contributed by atoms with Crippen LogP contribution in [0.4, 0.5) is 0 Å². The normalized spacial score (nSPS) is 16.7. The summed E-state index contributed by atoms with van der Waals surface area (Å²) in [5.74, 6) is 0.312. The highest BCUT2D eigenvalue weighted by Crippen LogP contribution is 2.14. The molecule has 3 aromatic rings. The molecule has 1 aliphatic rings. The van der Waals surface area contributed by atoms with Crippen molar-refractivity contribution in [2.45, 2.75) is 32.0 Å². The van der Waals surface area contributed by atoms with Gasteiger partial charge in [0, 0.05) is 12.2 Å². The van der Waals surface area contributed by atoms with Crippen molar-refractivity contribution in [3.63, 3.8) is 0 Å². The standard InChI is InChI=1S/C19H19N3O5/c23-17(20-10-13-3-1-7-26-13)12-5-6-15-16(9-12)21-19(25)22(18(15)24)11-14-4-2-8-27-14/h1,3,5-7,9,14H,2,4,8,10-11H2,(H,20,23)(H,21,25). The Labute approximate surface area is 153 Å². The zero-order chi connectivity index (χ0) is 18.8. The van der Waals surface area contributed by atoms with Gasteiger partial charge in [-0.2, -0.15) is 0 Å². The third kappa shape index (κ3) is 3.56. The predicted molar refractivity (Wildman–Crippen MR) is 97.7 cm³/mol. The van der Waals surface area contributed by atoms with Crippen molar-refractivity contribution in [1.82, 2.24) is 14.9 Å². The van der Waals surface area contributed by atoms with Gasteiger partial charge in [0.15, 0.2) is 0 Å². The second-order valence-corrected chi connectivity index (χ2v) is 6.50. The quantitative estimate of drug-likeness (QED) is 0.707. The maximum Gasteiger partial charge on any atom is 0.328 e. The van der Waals surface area contributed by atoms with Crippen molar-refractivity contribution in [3.05, 3.63) is 68.8 Å². The number of aromatic amines is 1. The molecule has 8 nitrogen and oxygen atoms in total. The SMILES string of the molecule is O=C(NCc1ccco1)c1ccc2c(=O)n(CC3CCCO3)c(=O)[nH]c2c1. The Bertz CT molecular complexity index is 1070. The molecule has 1 fully saturated rings. The van der Waals surface area contributed by atoms with E-state index in [1.165, 1.54) is 12.3 Å². The number of furan rings is 1. The first-order chi connectivity index (χ1) is 13.1. The minimum Gasteiger partial charge on any atom is -0.467 e. The minimum absolute atomic E-state index is 0.118. The van der Waals surface area contributed by atoms with Gasteiger partial charge in [0.1, 0.15) is 5.76 Å². The van der Waals surface area contributed by atoms with Crippen molar-refractivity contribution < 1.29 is 13.9 Å². The number of aromatic nitrogens is 2. The highest BCUT2D eigenvalue weighted by molar-refractivity contribution is 5.97. The number of carbonyl (C=O) groups is 1. The van der Waals surface area contributed by atoms with Crippen LogP contribution in [-0.4, -0.2) is 28.2 Å². The van der Waals surface area contributed by atoms with Crippen molar-refractivity contribution in [1.29, 1.82) is 0 Å². The van der Waals surface area contributed by atoms with E-state index in [1.54, 1.807) is 24.3 Å². The van der Waals surface area contributed by atoms with Crippen LogP contribution in [0.3, 0.4) is 0 Å². The smallest absolute Gasteiger partial charge is 0.328 e. The molecule has 0 saturated carbocycles. The molecule has 1 atom stereocenters. The van der Waals surface area contributed by atoms with Crippen LogP contribution in [0.2, 0.25) is 0 Å². The molecule has 1 amide bonds. The van der Waals surface area contributed by atoms with Gasteiger partial charge in [-0.15, -0.1) is 0 Å². The molecule has 2 aromatic heterocycles. The van der Waals surface area contributed by atoms with Crippen LogP contribution in [0.15, 0.2) is 50.6 Å². The fraction of sp³-hybridized carbons (Fsp3) is 0.316. The molecule has 8 heteroatoms. The molecule has 27 heavy (non-hydrogen) atoms. The van der Waals surface area contributed by atoms with E-state index in [0.29, 0.717) is 28.8 Å². The lowest BCUT2D eigenvalue weighted by atomic mass is 10.1. The van der Waals surface area contributed by atoms with Crippen molar-refractivity contribution in [2.75, 3.05) is 6.61 Å². The third-order valence-corrected chi connectivity index (χ3v) is 4.66. The van der Waals surface area contributed by atoms with Gasteiger partial charge in [0.25, 0.3) is 11.5 Å². The molecular formula is C19H19N3O5. The van der Waals surface area contributed by atoms with Crippen LogP contribution in [0.25, 0.3) is 10.9 Å². The van der Waals surface area contributed by atoms with Gasteiger partial charge >= 0.3 is 5.69 Å². The first-order valence-corrected chi connectivity index (χ1v) is 8.81. The molecule has 3 heterocycles. The summed E-state index contributed by atoms with van der Waals surface area (Å²) in [5, 5.41) is 3.09. The van der Waals surface area contributed by atoms with Crippen molar-refractivity contribution in [3.8, 4) is 0 Å². The molecule has 1 aromatic carbocycles. The molecule has 0 spiro atoms. The molecule has 0 radical (unpaired) electrons. The molecule has 0 aliphatic carbocycles. The minimum atomic E-state index is -0.504. The number of ether oxygens (including phenoxy) is 1. The zero-order valence-corrected chi connectivity index (χ0v) is 14.6. The van der Waals surface area contributed by atoms with Crippen LogP contribution in [-0.2, 0) is 17.8 Å². The summed E-state index contributed by atoms with van der Waals surface area (Å²) in [4.78, 5) is 40.0. The lowest BCUT2D eigenvalue weighted by Gasteiger charge is -2.12. The maximum atomic E-state index is 12.7. The second kappa shape index (κ2) is 7.24. The van der Waals surface area contributed by atoms with Crippen LogP contribution in [0.5, 0.6) is 0 Å². The van der Waals surface area contributed by atoms with E-state index in [0.717, 1.165) is 17.4 Å². The van der Waals surface area contributed by atoms with E-state index in [-0.39, 0.29) is 30.7 Å². The lowest BCUT2D eigenvalue weighted by Crippen LogP contribution is -2.38. The van der Waals surface area contributed by atoms with Crippen LogP contribution >= 0.6 is 0 Å². The van der Waals surface area contributed by atoms with Gasteiger partial charge in [-0.1, -0.05) is 0 Å². The summed E-state index contributed by atoms with van der Waals surface area (Å²) in [7, 11) is 0. The molecular weight excluding hydrogens is 350 g/mol. The van der Waals surface area contributed by atoms with Crippen LogP contribution in [0, 0.1) is 0 Å². The fourth-order valence-electron chi connectivity index (χ4n) is 3.24. The molecule has 1 aliphatic heterocycles. The highest BCUT2D eigenvalue weighted by atomic mass is 16.5. The number of H-pyrrole nitrogens is 1. The van der Waals surface area contributed by atoms with Gasteiger partial charge in [-0.3, -0.25) is 14.2 Å². The Morgan fingerprint density at radius 1 is 1.30 bits per heavy atom. The summed E-state index contributed by atoms with van der Waals surface area (Å²) in [6.07, 6.45) is 3.18. The Morgan fingerprint density at radius 2 is 2.19 bits per heavy atom. The van der Waals surface area contributed by atoms with E-state index < -0.39 is 5.69 Å². The first kappa shape index (κ1) is 17.3. The van der Waals surface area contributed by atoms with E-state index in [1.807, 2.05) is 0 Å². The summed E-state index contributed by atoms with van der Waals surface area (Å²) < 4.78 is 11.8. The zero-order valence-electron chi connectivity index (χ0n) is 14.6. The average molecular weight is 369 g/mol. The van der Waals surface area contributed by atoms with Gasteiger partial charge in [0.2, 0.25) is 0 Å². The van der Waals surface area contributed by atoms with Gasteiger partial charge < -0.3 is 19.5 Å². The Balaban J connectivity index is 1.59. The van der Waals surface area contributed by atoms with Crippen LogP contribution < -0.4 is 16.6 Å². The van der Waals surface area contributed by atoms with Crippen molar-refractivity contribution in [2.24, 2.45) is 0 Å². The Morgan fingerprint density at radius 3 is 2.93 bits per heavy atom. The first-order valence-electron chi connectivity index (χ1n) is 8.81. The number of fused-ring (bicyclic) bond motifs is 1. The summed E-state index contributed by atoms with van der Waals surface area (Å²) in [5.41, 5.74) is -0.205. The largest absolute Gasteiger partial charge is 0.467 e. The summed E-state index contributed by atoms with van der Waals surface area (Å²) >= 11 is 0. The number of carbonyl (C=O) groups excluding carboxylic acids is 1. The average Bonchev–Trinajstić information content (AvgIpc) is 3.36. The highest BCUT2D eigenvalue weighted by Gasteiger charge is 2.19. The lowest BCUT2D eigenvalue weighted by molar-refractivity contribution is 0.0947. The number of hydrogen-bond donors (Lipinski definition) is 2. The van der Waals surface area contributed by atoms with Gasteiger partial charge in [-0.05, 0) is 43.2 Å². The number of benzene rings is 1. The molecule has 140 valence electrons. The summed E-state index contributed by atoms with van der Waals surface area (Å²) in [6.45, 7) is 1.14. The van der Waals surface area contributed by atoms with Gasteiger partial charge in [-0.25, -0.2) is 4.79 Å².